The zero-order valence-corrected chi connectivity index (χ0v) is 16.7. The topological polar surface area (TPSA) is 90.9 Å². The van der Waals surface area contributed by atoms with Crippen LogP contribution in [-0.4, -0.2) is 69.4 Å². The Morgan fingerprint density at radius 1 is 1.32 bits per heavy atom. The maximum absolute atomic E-state index is 12.0. The highest BCUT2D eigenvalue weighted by atomic mass is 32.2. The number of sulfone groups is 1. The normalized spacial score (nSPS) is 18.0. The van der Waals surface area contributed by atoms with Gasteiger partial charge in [0.25, 0.3) is 0 Å². The van der Waals surface area contributed by atoms with Crippen molar-refractivity contribution >= 4 is 21.7 Å². The van der Waals surface area contributed by atoms with Crippen LogP contribution >= 0.6 is 0 Å². The fourth-order valence-corrected chi connectivity index (χ4v) is 3.53. The van der Waals surface area contributed by atoms with Crippen molar-refractivity contribution in [3.05, 3.63) is 0 Å². The molecule has 0 radical (unpaired) electrons. The standard InChI is InChI=1S/C17H34N4O3S/c1-4-18-17(20-15(2)10-14-25(3,23)24)19-11-8-13-21-12-7-5-6-9-16(21)22/h15H,4-14H2,1-3H3,(H2,18,19,20). The Morgan fingerprint density at radius 3 is 2.76 bits per heavy atom. The zero-order chi connectivity index (χ0) is 18.7. The SMILES string of the molecule is CCNC(=NCCCN1CCCCCC1=O)NC(C)CCS(C)(=O)=O. The molecule has 0 aromatic carbocycles. The Hall–Kier alpha value is -1.31. The van der Waals surface area contributed by atoms with Gasteiger partial charge in [-0.1, -0.05) is 6.42 Å². The van der Waals surface area contributed by atoms with Crippen LogP contribution in [0.1, 0.15) is 52.4 Å². The van der Waals surface area contributed by atoms with Crippen molar-refractivity contribution in [1.29, 1.82) is 0 Å². The number of carbonyl (C=O) groups is 1. The van der Waals surface area contributed by atoms with Gasteiger partial charge in [0, 0.05) is 44.9 Å². The first-order valence-corrected chi connectivity index (χ1v) is 11.4. The second-order valence-corrected chi connectivity index (χ2v) is 9.03. The molecule has 0 aliphatic carbocycles. The first kappa shape index (κ1) is 21.7. The van der Waals surface area contributed by atoms with Gasteiger partial charge >= 0.3 is 0 Å². The molecule has 1 fully saturated rings. The van der Waals surface area contributed by atoms with E-state index in [1.165, 1.54) is 6.26 Å². The number of aliphatic imine (C=N–C) groups is 1. The molecule has 0 spiro atoms. The van der Waals surface area contributed by atoms with Crippen LogP contribution < -0.4 is 10.6 Å². The second kappa shape index (κ2) is 11.3. The van der Waals surface area contributed by atoms with Crippen LogP contribution in [0.5, 0.6) is 0 Å². The predicted molar refractivity (Wildman–Crippen MR) is 103 cm³/mol. The molecule has 0 bridgehead atoms. The first-order valence-electron chi connectivity index (χ1n) is 9.32. The Balaban J connectivity index is 2.39. The van der Waals surface area contributed by atoms with Crippen LogP contribution in [-0.2, 0) is 14.6 Å². The average Bonchev–Trinajstić information content (AvgIpc) is 2.73. The molecule has 1 saturated heterocycles. The lowest BCUT2D eigenvalue weighted by Gasteiger charge is -2.20. The average molecular weight is 375 g/mol. The maximum Gasteiger partial charge on any atom is 0.222 e. The van der Waals surface area contributed by atoms with Crippen molar-refractivity contribution in [1.82, 2.24) is 15.5 Å². The van der Waals surface area contributed by atoms with E-state index >= 15 is 0 Å². The molecule has 1 aliphatic rings. The summed E-state index contributed by atoms with van der Waals surface area (Å²) in [6.07, 6.45) is 6.55. The molecule has 7 nitrogen and oxygen atoms in total. The number of carbonyl (C=O) groups excluding carboxylic acids is 1. The van der Waals surface area contributed by atoms with Gasteiger partial charge in [-0.2, -0.15) is 0 Å². The summed E-state index contributed by atoms with van der Waals surface area (Å²) in [5.41, 5.74) is 0. The predicted octanol–water partition coefficient (Wildman–Crippen LogP) is 1.16. The molecule has 1 aliphatic heterocycles. The Morgan fingerprint density at radius 2 is 2.08 bits per heavy atom. The van der Waals surface area contributed by atoms with Crippen LogP contribution in [0.2, 0.25) is 0 Å². The Kier molecular flexibility index (Phi) is 9.85. The lowest BCUT2D eigenvalue weighted by Crippen LogP contribution is -2.43. The van der Waals surface area contributed by atoms with Gasteiger partial charge in [0.15, 0.2) is 5.96 Å². The Bertz CT molecular complexity index is 534. The highest BCUT2D eigenvalue weighted by Crippen LogP contribution is 2.11. The minimum Gasteiger partial charge on any atom is -0.357 e. The number of likely N-dealkylation sites (tertiary alicyclic amines) is 1. The molecule has 2 N–H and O–H groups in total. The summed E-state index contributed by atoms with van der Waals surface area (Å²) in [6, 6.07) is 0.0275. The minimum absolute atomic E-state index is 0.0275. The van der Waals surface area contributed by atoms with Crippen LogP contribution in [0.4, 0.5) is 0 Å². The number of nitrogens with zero attached hydrogens (tertiary/aromatic N) is 2. The fourth-order valence-electron chi connectivity index (χ4n) is 2.74. The van der Waals surface area contributed by atoms with Gasteiger partial charge in [0.1, 0.15) is 9.84 Å². The summed E-state index contributed by atoms with van der Waals surface area (Å²) >= 11 is 0. The molecule has 1 heterocycles. The van der Waals surface area contributed by atoms with Crippen molar-refractivity contribution in [2.24, 2.45) is 4.99 Å². The summed E-state index contributed by atoms with van der Waals surface area (Å²) in [5, 5.41) is 6.42. The van der Waals surface area contributed by atoms with E-state index in [9.17, 15) is 13.2 Å². The minimum atomic E-state index is -2.95. The molecule has 1 unspecified atom stereocenters. The summed E-state index contributed by atoms with van der Waals surface area (Å²) in [7, 11) is -2.95. The van der Waals surface area contributed by atoms with Crippen LogP contribution in [0.15, 0.2) is 4.99 Å². The van der Waals surface area contributed by atoms with Crippen LogP contribution in [0, 0.1) is 0 Å². The van der Waals surface area contributed by atoms with Crippen LogP contribution in [0.25, 0.3) is 0 Å². The van der Waals surface area contributed by atoms with Gasteiger partial charge in [0.2, 0.25) is 5.91 Å². The maximum atomic E-state index is 12.0. The summed E-state index contributed by atoms with van der Waals surface area (Å²) in [4.78, 5) is 18.5. The molecule has 1 amide bonds. The zero-order valence-electron chi connectivity index (χ0n) is 15.9. The van der Waals surface area contributed by atoms with E-state index in [1.807, 2.05) is 18.7 Å². The number of rotatable bonds is 9. The van der Waals surface area contributed by atoms with E-state index in [2.05, 4.69) is 15.6 Å². The highest BCUT2D eigenvalue weighted by Gasteiger charge is 2.15. The van der Waals surface area contributed by atoms with Crippen molar-refractivity contribution in [2.45, 2.75) is 58.4 Å². The highest BCUT2D eigenvalue weighted by molar-refractivity contribution is 7.90. The second-order valence-electron chi connectivity index (χ2n) is 6.77. The Labute approximate surface area is 152 Å². The smallest absolute Gasteiger partial charge is 0.222 e. The monoisotopic (exact) mass is 374 g/mol. The fraction of sp³-hybridized carbons (Fsp3) is 0.882. The molecular formula is C17H34N4O3S. The lowest BCUT2D eigenvalue weighted by atomic mass is 10.2. The largest absolute Gasteiger partial charge is 0.357 e. The molecule has 0 saturated carbocycles. The van der Waals surface area contributed by atoms with E-state index in [0.29, 0.717) is 25.3 Å². The van der Waals surface area contributed by atoms with Crippen molar-refractivity contribution in [3.8, 4) is 0 Å². The third kappa shape index (κ3) is 10.3. The first-order chi connectivity index (χ1) is 11.8. The third-order valence-electron chi connectivity index (χ3n) is 4.18. The van der Waals surface area contributed by atoms with E-state index in [-0.39, 0.29) is 17.7 Å². The van der Waals surface area contributed by atoms with E-state index in [1.54, 1.807) is 0 Å². The molecule has 25 heavy (non-hydrogen) atoms. The number of guanidine groups is 1. The number of nitrogens with one attached hydrogen (secondary N) is 2. The molecule has 0 aromatic heterocycles. The molecule has 1 rings (SSSR count). The number of hydrogen-bond donors (Lipinski definition) is 2. The van der Waals surface area contributed by atoms with Gasteiger partial charge in [-0.15, -0.1) is 0 Å². The molecule has 0 aromatic rings. The summed E-state index contributed by atoms with van der Waals surface area (Å²) in [5.74, 6) is 1.13. The molecule has 1 atom stereocenters. The number of hydrogen-bond acceptors (Lipinski definition) is 4. The summed E-state index contributed by atoms with van der Waals surface area (Å²) in [6.45, 7) is 6.95. The quantitative estimate of drug-likeness (QED) is 0.359. The lowest BCUT2D eigenvalue weighted by molar-refractivity contribution is -0.130. The third-order valence-corrected chi connectivity index (χ3v) is 5.15. The van der Waals surface area contributed by atoms with Crippen molar-refractivity contribution in [2.75, 3.05) is 38.2 Å². The van der Waals surface area contributed by atoms with Crippen molar-refractivity contribution in [3.63, 3.8) is 0 Å². The van der Waals surface area contributed by atoms with Crippen LogP contribution in [0.3, 0.4) is 0 Å². The number of amides is 1. The van der Waals surface area contributed by atoms with Crippen molar-refractivity contribution < 1.29 is 13.2 Å². The van der Waals surface area contributed by atoms with Gasteiger partial charge < -0.3 is 15.5 Å². The van der Waals surface area contributed by atoms with Gasteiger partial charge in [-0.05, 0) is 39.5 Å². The van der Waals surface area contributed by atoms with Gasteiger partial charge in [-0.25, -0.2) is 8.42 Å². The molecular weight excluding hydrogens is 340 g/mol. The van der Waals surface area contributed by atoms with Gasteiger partial charge in [0.05, 0.1) is 5.75 Å². The van der Waals surface area contributed by atoms with E-state index in [0.717, 1.165) is 45.3 Å². The molecule has 146 valence electrons. The van der Waals surface area contributed by atoms with Gasteiger partial charge in [-0.3, -0.25) is 9.79 Å². The van der Waals surface area contributed by atoms with E-state index < -0.39 is 9.84 Å². The van der Waals surface area contributed by atoms with E-state index in [4.69, 9.17) is 0 Å². The molecule has 8 heteroatoms. The summed E-state index contributed by atoms with van der Waals surface area (Å²) < 4.78 is 22.5.